The van der Waals surface area contributed by atoms with E-state index in [1.165, 1.54) is 4.90 Å². The molecule has 0 aliphatic carbocycles. The predicted molar refractivity (Wildman–Crippen MR) is 100 cm³/mol. The van der Waals surface area contributed by atoms with Crippen LogP contribution in [0.2, 0.25) is 0 Å². The molecule has 1 saturated heterocycles. The second-order valence-corrected chi connectivity index (χ2v) is 5.91. The van der Waals surface area contributed by atoms with Gasteiger partial charge in [0.2, 0.25) is 0 Å². The summed E-state index contributed by atoms with van der Waals surface area (Å²) in [7, 11) is 0. The second kappa shape index (κ2) is 7.76. The molecular weight excluding hydrogens is 326 g/mol. The number of benzene rings is 2. The maximum absolute atomic E-state index is 12.5. The van der Waals surface area contributed by atoms with Crippen molar-refractivity contribution in [3.63, 3.8) is 0 Å². The minimum Gasteiger partial charge on any atom is -0.478 e. The third kappa shape index (κ3) is 3.27. The summed E-state index contributed by atoms with van der Waals surface area (Å²) in [4.78, 5) is 13.9. The van der Waals surface area contributed by atoms with E-state index in [9.17, 15) is 9.90 Å². The van der Waals surface area contributed by atoms with Crippen molar-refractivity contribution in [2.24, 2.45) is 0 Å². The van der Waals surface area contributed by atoms with Crippen molar-refractivity contribution in [1.29, 1.82) is 0 Å². The first-order valence-corrected chi connectivity index (χ1v) is 8.26. The Hall–Kier alpha value is -3.25. The lowest BCUT2D eigenvalue weighted by Crippen LogP contribution is -2.71. The Morgan fingerprint density at radius 1 is 1.19 bits per heavy atom. The van der Waals surface area contributed by atoms with Crippen molar-refractivity contribution in [1.82, 2.24) is 4.90 Å². The van der Waals surface area contributed by atoms with Gasteiger partial charge in [-0.15, -0.1) is 12.2 Å². The predicted octanol–water partition coefficient (Wildman–Crippen LogP) is 2.51. The lowest BCUT2D eigenvalue weighted by Gasteiger charge is -2.47. The van der Waals surface area contributed by atoms with Gasteiger partial charge in [-0.2, -0.15) is 0 Å². The summed E-state index contributed by atoms with van der Waals surface area (Å²) in [5, 5.41) is 11.0. The van der Waals surface area contributed by atoms with E-state index in [-0.39, 0.29) is 12.5 Å². The summed E-state index contributed by atoms with van der Waals surface area (Å²) in [5.74, 6) is 2.78. The van der Waals surface area contributed by atoms with E-state index in [1.54, 1.807) is 12.1 Å². The average Bonchev–Trinajstić information content (AvgIpc) is 2.68. The van der Waals surface area contributed by atoms with Crippen LogP contribution in [-0.4, -0.2) is 40.7 Å². The number of nitrogens with zero attached hydrogens (tertiary/aromatic N) is 1. The molecule has 1 N–H and O–H groups in total. The van der Waals surface area contributed by atoms with Crippen molar-refractivity contribution >= 4 is 11.5 Å². The maximum Gasteiger partial charge on any atom is 0.267 e. The van der Waals surface area contributed by atoms with Crippen LogP contribution in [0.5, 0.6) is 5.75 Å². The molecule has 0 bridgehead atoms. The van der Waals surface area contributed by atoms with Crippen LogP contribution in [0.3, 0.4) is 0 Å². The van der Waals surface area contributed by atoms with E-state index >= 15 is 0 Å². The molecule has 0 radical (unpaired) electrons. The molecule has 3 atom stereocenters. The third-order valence-corrected chi connectivity index (χ3v) is 4.36. The SMILES string of the molecule is C#CCN1C(=O)[C@H](Oc2ccccc2)[C@@H]1[C@H](O)C(=C=C)c1ccccc1. The van der Waals surface area contributed by atoms with Crippen LogP contribution in [0.4, 0.5) is 0 Å². The molecule has 26 heavy (non-hydrogen) atoms. The molecule has 4 heteroatoms. The largest absolute Gasteiger partial charge is 0.478 e. The number of carbonyl (C=O) groups excluding carboxylic acids is 1. The first-order valence-electron chi connectivity index (χ1n) is 8.26. The normalized spacial score (nSPS) is 19.7. The number of amides is 1. The van der Waals surface area contributed by atoms with Gasteiger partial charge in [-0.1, -0.05) is 61.0 Å². The molecule has 1 fully saturated rings. The third-order valence-electron chi connectivity index (χ3n) is 4.36. The summed E-state index contributed by atoms with van der Waals surface area (Å²) in [6, 6.07) is 17.8. The van der Waals surface area contributed by atoms with Gasteiger partial charge in [0.15, 0.2) is 6.10 Å². The fourth-order valence-electron chi connectivity index (χ4n) is 3.09. The van der Waals surface area contributed by atoms with E-state index in [4.69, 9.17) is 11.2 Å². The second-order valence-electron chi connectivity index (χ2n) is 5.91. The molecule has 1 aliphatic heterocycles. The number of hydrogen-bond acceptors (Lipinski definition) is 3. The lowest BCUT2D eigenvalue weighted by atomic mass is 9.86. The van der Waals surface area contributed by atoms with Gasteiger partial charge < -0.3 is 14.7 Å². The van der Waals surface area contributed by atoms with Crippen LogP contribution >= 0.6 is 0 Å². The summed E-state index contributed by atoms with van der Waals surface area (Å²) >= 11 is 0. The number of hydrogen-bond donors (Lipinski definition) is 1. The van der Waals surface area contributed by atoms with Crippen molar-refractivity contribution in [2.75, 3.05) is 6.54 Å². The minimum atomic E-state index is -1.02. The summed E-state index contributed by atoms with van der Waals surface area (Å²) in [6.45, 7) is 3.80. The Balaban J connectivity index is 1.88. The molecular formula is C22H19NO3. The first kappa shape index (κ1) is 17.6. The molecule has 0 saturated carbocycles. The van der Waals surface area contributed by atoms with Crippen LogP contribution in [0.15, 0.2) is 73.0 Å². The highest BCUT2D eigenvalue weighted by atomic mass is 16.5. The summed E-state index contributed by atoms with van der Waals surface area (Å²) < 4.78 is 5.82. The quantitative estimate of drug-likeness (QED) is 0.497. The van der Waals surface area contributed by atoms with Crippen molar-refractivity contribution in [3.8, 4) is 18.1 Å². The number of likely N-dealkylation sites (tertiary alicyclic amines) is 1. The van der Waals surface area contributed by atoms with E-state index in [1.807, 2.05) is 48.5 Å². The van der Waals surface area contributed by atoms with E-state index in [0.717, 1.165) is 5.56 Å². The molecule has 2 aromatic carbocycles. The van der Waals surface area contributed by atoms with Crippen LogP contribution in [0.25, 0.3) is 5.57 Å². The Bertz CT molecular complexity index is 863. The zero-order chi connectivity index (χ0) is 18.5. The molecule has 3 rings (SSSR count). The van der Waals surface area contributed by atoms with Gasteiger partial charge in [-0.3, -0.25) is 4.79 Å². The van der Waals surface area contributed by atoms with E-state index in [0.29, 0.717) is 11.3 Å². The van der Waals surface area contributed by atoms with E-state index in [2.05, 4.69) is 18.2 Å². The number of aliphatic hydroxyl groups excluding tert-OH is 1. The number of aliphatic hydroxyl groups is 1. The van der Waals surface area contributed by atoms with Gasteiger partial charge in [-0.05, 0) is 17.7 Å². The summed E-state index contributed by atoms with van der Waals surface area (Å²) in [6.07, 6.45) is 3.55. The Kier molecular flexibility index (Phi) is 5.24. The number of rotatable bonds is 6. The minimum absolute atomic E-state index is 0.106. The average molecular weight is 345 g/mol. The van der Waals surface area contributed by atoms with Gasteiger partial charge in [0.25, 0.3) is 5.91 Å². The van der Waals surface area contributed by atoms with Crippen molar-refractivity contribution in [3.05, 3.63) is 78.5 Å². The van der Waals surface area contributed by atoms with Crippen LogP contribution < -0.4 is 4.74 Å². The van der Waals surface area contributed by atoms with Crippen LogP contribution in [0, 0.1) is 12.3 Å². The Morgan fingerprint density at radius 2 is 1.81 bits per heavy atom. The molecule has 4 nitrogen and oxygen atoms in total. The van der Waals surface area contributed by atoms with Gasteiger partial charge >= 0.3 is 0 Å². The Morgan fingerprint density at radius 3 is 2.38 bits per heavy atom. The first-order chi connectivity index (χ1) is 12.7. The van der Waals surface area contributed by atoms with Gasteiger partial charge in [0.1, 0.15) is 17.9 Å². The highest BCUT2D eigenvalue weighted by Crippen LogP contribution is 2.32. The molecule has 0 aromatic heterocycles. The topological polar surface area (TPSA) is 49.8 Å². The monoisotopic (exact) mass is 345 g/mol. The highest BCUT2D eigenvalue weighted by Gasteiger charge is 2.53. The fourth-order valence-corrected chi connectivity index (χ4v) is 3.09. The number of carbonyl (C=O) groups is 1. The molecule has 1 heterocycles. The molecule has 2 aromatic rings. The standard InChI is InChI=1S/C22H19NO3/c1-3-15-23-19(20(24)18(4-2)16-11-7-5-8-12-16)21(22(23)25)26-17-13-9-6-10-14-17/h1,5-14,19-21,24H,2,15H2/t19-,20+,21+/m0/s1. The fraction of sp³-hybridized carbons (Fsp3) is 0.182. The maximum atomic E-state index is 12.5. The van der Waals surface area contributed by atoms with Gasteiger partial charge in [0.05, 0.1) is 6.54 Å². The Labute approximate surface area is 153 Å². The number of terminal acetylenes is 1. The molecule has 1 amide bonds. The van der Waals surface area contributed by atoms with Crippen molar-refractivity contribution in [2.45, 2.75) is 18.2 Å². The molecule has 1 aliphatic rings. The molecule has 0 unspecified atom stereocenters. The number of β-lactam (4-membered cyclic amide) rings is 1. The van der Waals surface area contributed by atoms with Crippen LogP contribution in [-0.2, 0) is 4.79 Å². The van der Waals surface area contributed by atoms with E-state index < -0.39 is 18.2 Å². The molecule has 0 spiro atoms. The zero-order valence-corrected chi connectivity index (χ0v) is 14.2. The van der Waals surface area contributed by atoms with Gasteiger partial charge in [0, 0.05) is 5.57 Å². The van der Waals surface area contributed by atoms with Crippen LogP contribution in [0.1, 0.15) is 5.56 Å². The smallest absolute Gasteiger partial charge is 0.267 e. The zero-order valence-electron chi connectivity index (χ0n) is 14.2. The lowest BCUT2D eigenvalue weighted by molar-refractivity contribution is -0.167. The number of para-hydroxylation sites is 1. The van der Waals surface area contributed by atoms with Crippen molar-refractivity contribution < 1.29 is 14.6 Å². The summed E-state index contributed by atoms with van der Waals surface area (Å²) in [5.41, 5.74) is 4.09. The molecule has 130 valence electrons. The highest BCUT2D eigenvalue weighted by molar-refractivity contribution is 5.90. The van der Waals surface area contributed by atoms with Gasteiger partial charge in [-0.25, -0.2) is 0 Å². The number of ether oxygens (including phenoxy) is 1.